The third-order valence-corrected chi connectivity index (χ3v) is 11.3. The maximum Gasteiger partial charge on any atom is 0.161 e. The molecule has 0 amide bonds. The number of rotatable bonds is 3. The van der Waals surface area contributed by atoms with E-state index in [4.69, 9.17) is 15.2 Å². The molecular formula is C26H45NO5. The number of aliphatic hydroxyl groups is 3. The summed E-state index contributed by atoms with van der Waals surface area (Å²) in [6, 6.07) is 0. The van der Waals surface area contributed by atoms with E-state index in [0.29, 0.717) is 36.6 Å². The van der Waals surface area contributed by atoms with Crippen LogP contribution in [0.1, 0.15) is 85.0 Å². The van der Waals surface area contributed by atoms with Crippen molar-refractivity contribution in [3.63, 3.8) is 0 Å². The molecule has 5 rings (SSSR count). The SMILES string of the molecule is CC1O[C@@H](O[C@H]2CC[C@]3(C)C4CC[C@]5(C)[C@@H](CN)CC[C@]5(O)C4CC[C@@H]3C2)C[C@@H](O)[C@@H]1O. The molecule has 12 atom stereocenters. The molecule has 0 aromatic carbocycles. The van der Waals surface area contributed by atoms with Crippen molar-refractivity contribution in [3.8, 4) is 0 Å². The molecule has 1 saturated heterocycles. The van der Waals surface area contributed by atoms with Gasteiger partial charge in [0.15, 0.2) is 6.29 Å². The minimum atomic E-state index is -0.836. The molecule has 0 bridgehead atoms. The number of ether oxygens (including phenoxy) is 2. The molecule has 5 fully saturated rings. The molecule has 0 radical (unpaired) electrons. The Balaban J connectivity index is 1.27. The lowest BCUT2D eigenvalue weighted by atomic mass is 9.43. The summed E-state index contributed by atoms with van der Waals surface area (Å²) in [5, 5.41) is 32.1. The minimum absolute atomic E-state index is 0.0210. The number of aliphatic hydroxyl groups excluding tert-OH is 2. The Morgan fingerprint density at radius 1 is 0.969 bits per heavy atom. The molecule has 0 aromatic rings. The van der Waals surface area contributed by atoms with E-state index >= 15 is 0 Å². The molecule has 0 aromatic heterocycles. The molecule has 1 aliphatic heterocycles. The first-order valence-electron chi connectivity index (χ1n) is 13.2. The minimum Gasteiger partial charge on any atom is -0.390 e. The fourth-order valence-corrected chi connectivity index (χ4v) is 9.13. The van der Waals surface area contributed by atoms with Crippen LogP contribution in [-0.4, -0.2) is 58.2 Å². The zero-order chi connectivity index (χ0) is 22.9. The molecule has 5 aliphatic rings. The van der Waals surface area contributed by atoms with Crippen LogP contribution in [0.2, 0.25) is 0 Å². The van der Waals surface area contributed by atoms with Gasteiger partial charge < -0.3 is 30.5 Å². The van der Waals surface area contributed by atoms with Gasteiger partial charge in [-0.25, -0.2) is 0 Å². The first kappa shape index (κ1) is 23.5. The van der Waals surface area contributed by atoms with Crippen molar-refractivity contribution >= 4 is 0 Å². The second-order valence-electron chi connectivity index (χ2n) is 12.4. The van der Waals surface area contributed by atoms with Gasteiger partial charge in [0.1, 0.15) is 6.10 Å². The van der Waals surface area contributed by atoms with Gasteiger partial charge in [-0.2, -0.15) is 0 Å². The molecular weight excluding hydrogens is 406 g/mol. The fraction of sp³-hybridized carbons (Fsp3) is 1.00. The van der Waals surface area contributed by atoms with Crippen molar-refractivity contribution in [3.05, 3.63) is 0 Å². The highest BCUT2D eigenvalue weighted by atomic mass is 16.7. The number of nitrogens with two attached hydrogens (primary N) is 1. The number of hydrogen-bond donors (Lipinski definition) is 4. The van der Waals surface area contributed by atoms with E-state index in [2.05, 4.69) is 13.8 Å². The average Bonchev–Trinajstić information content (AvgIpc) is 3.03. The monoisotopic (exact) mass is 451 g/mol. The Bertz CT molecular complexity index is 694. The quantitative estimate of drug-likeness (QED) is 0.492. The van der Waals surface area contributed by atoms with Gasteiger partial charge in [0, 0.05) is 11.8 Å². The number of fused-ring (bicyclic) bond motifs is 5. The summed E-state index contributed by atoms with van der Waals surface area (Å²) >= 11 is 0. The summed E-state index contributed by atoms with van der Waals surface area (Å²) in [5.74, 6) is 2.05. The lowest BCUT2D eigenvalue weighted by molar-refractivity contribution is -0.270. The fourth-order valence-electron chi connectivity index (χ4n) is 9.13. The standard InChI is InChI=1S/C26H45NO5/c1-15-23(29)21(28)13-22(31-15)32-18-7-9-24(2)16(12-18)4-5-20-19(24)8-10-25(3)17(14-27)6-11-26(20,25)30/h15-23,28-30H,4-14,27H2,1-3H3/t15?,16-,17-,18+,19?,20?,21-,22+,23-,24+,25-,26+/m1/s1. The Hall–Kier alpha value is -0.240. The molecule has 184 valence electrons. The number of hydrogen-bond acceptors (Lipinski definition) is 6. The van der Waals surface area contributed by atoms with Gasteiger partial charge in [-0.1, -0.05) is 13.8 Å². The first-order valence-corrected chi connectivity index (χ1v) is 13.2. The molecule has 5 N–H and O–H groups in total. The first-order chi connectivity index (χ1) is 15.1. The molecule has 0 spiro atoms. The van der Waals surface area contributed by atoms with Gasteiger partial charge in [0.2, 0.25) is 0 Å². The Morgan fingerprint density at radius 2 is 1.75 bits per heavy atom. The largest absolute Gasteiger partial charge is 0.390 e. The Labute approximate surface area is 193 Å². The summed E-state index contributed by atoms with van der Waals surface area (Å²) in [6.07, 6.45) is 7.77. The van der Waals surface area contributed by atoms with Gasteiger partial charge in [-0.05, 0) is 100 Å². The van der Waals surface area contributed by atoms with Gasteiger partial charge in [-0.3, -0.25) is 0 Å². The van der Waals surface area contributed by atoms with Crippen LogP contribution in [0.3, 0.4) is 0 Å². The lowest BCUT2D eigenvalue weighted by Gasteiger charge is -2.63. The highest BCUT2D eigenvalue weighted by Gasteiger charge is 2.66. The highest BCUT2D eigenvalue weighted by molar-refractivity contribution is 5.16. The summed E-state index contributed by atoms with van der Waals surface area (Å²) in [4.78, 5) is 0. The molecule has 6 heteroatoms. The predicted octanol–water partition coefficient (Wildman–Crippen LogP) is 2.96. The maximum absolute atomic E-state index is 12.1. The molecule has 3 unspecified atom stereocenters. The topological polar surface area (TPSA) is 105 Å². The van der Waals surface area contributed by atoms with Crippen molar-refractivity contribution in [1.29, 1.82) is 0 Å². The van der Waals surface area contributed by atoms with Crippen molar-refractivity contribution in [1.82, 2.24) is 0 Å². The Kier molecular flexibility index (Phi) is 6.00. The van der Waals surface area contributed by atoms with Crippen LogP contribution in [0.25, 0.3) is 0 Å². The van der Waals surface area contributed by atoms with E-state index in [0.717, 1.165) is 51.4 Å². The molecule has 4 aliphatic carbocycles. The highest BCUT2D eigenvalue weighted by Crippen LogP contribution is 2.68. The third-order valence-electron chi connectivity index (χ3n) is 11.3. The lowest BCUT2D eigenvalue weighted by Crippen LogP contribution is -2.62. The zero-order valence-corrected chi connectivity index (χ0v) is 20.2. The van der Waals surface area contributed by atoms with Crippen LogP contribution in [0.15, 0.2) is 0 Å². The van der Waals surface area contributed by atoms with E-state index < -0.39 is 30.2 Å². The van der Waals surface area contributed by atoms with Gasteiger partial charge in [-0.15, -0.1) is 0 Å². The second kappa shape index (κ2) is 8.17. The molecule has 4 saturated carbocycles. The van der Waals surface area contributed by atoms with Crippen molar-refractivity contribution < 1.29 is 24.8 Å². The molecule has 32 heavy (non-hydrogen) atoms. The molecule has 6 nitrogen and oxygen atoms in total. The van der Waals surface area contributed by atoms with Crippen LogP contribution >= 0.6 is 0 Å². The predicted molar refractivity (Wildman–Crippen MR) is 122 cm³/mol. The summed E-state index contributed by atoms with van der Waals surface area (Å²) in [7, 11) is 0. The summed E-state index contributed by atoms with van der Waals surface area (Å²) in [6.45, 7) is 7.31. The van der Waals surface area contributed by atoms with Gasteiger partial charge in [0.25, 0.3) is 0 Å². The van der Waals surface area contributed by atoms with E-state index in [-0.39, 0.29) is 16.9 Å². The normalized spacial score (nSPS) is 58.0. The van der Waals surface area contributed by atoms with Gasteiger partial charge in [0.05, 0.1) is 23.9 Å². The average molecular weight is 452 g/mol. The second-order valence-corrected chi connectivity index (χ2v) is 12.4. The van der Waals surface area contributed by atoms with Crippen LogP contribution in [-0.2, 0) is 9.47 Å². The van der Waals surface area contributed by atoms with E-state index in [1.807, 2.05) is 0 Å². The van der Waals surface area contributed by atoms with Crippen LogP contribution < -0.4 is 5.73 Å². The van der Waals surface area contributed by atoms with Crippen LogP contribution in [0.5, 0.6) is 0 Å². The smallest absolute Gasteiger partial charge is 0.161 e. The van der Waals surface area contributed by atoms with E-state index in [1.54, 1.807) is 6.92 Å². The summed E-state index contributed by atoms with van der Waals surface area (Å²) in [5.41, 5.74) is 5.83. The van der Waals surface area contributed by atoms with E-state index in [1.165, 1.54) is 6.42 Å². The Morgan fingerprint density at radius 3 is 2.47 bits per heavy atom. The van der Waals surface area contributed by atoms with Crippen LogP contribution in [0.4, 0.5) is 0 Å². The van der Waals surface area contributed by atoms with Crippen molar-refractivity contribution in [2.75, 3.05) is 6.54 Å². The third kappa shape index (κ3) is 3.35. The zero-order valence-electron chi connectivity index (χ0n) is 20.2. The van der Waals surface area contributed by atoms with Crippen LogP contribution in [0, 0.1) is 34.5 Å². The van der Waals surface area contributed by atoms with Crippen molar-refractivity contribution in [2.24, 2.45) is 40.2 Å². The summed E-state index contributed by atoms with van der Waals surface area (Å²) < 4.78 is 12.2. The van der Waals surface area contributed by atoms with E-state index in [9.17, 15) is 15.3 Å². The molecule has 1 heterocycles. The maximum atomic E-state index is 12.1. The van der Waals surface area contributed by atoms with Gasteiger partial charge >= 0.3 is 0 Å². The van der Waals surface area contributed by atoms with Crippen molar-refractivity contribution in [2.45, 2.75) is 121 Å².